The second-order valence-corrected chi connectivity index (χ2v) is 6.96. The third kappa shape index (κ3) is 6.48. The summed E-state index contributed by atoms with van der Waals surface area (Å²) < 4.78 is 13.2. The first-order valence-electron chi connectivity index (χ1n) is 9.71. The molecule has 0 radical (unpaired) electrons. The zero-order valence-electron chi connectivity index (χ0n) is 17.5. The maximum absolute atomic E-state index is 13.2. The summed E-state index contributed by atoms with van der Waals surface area (Å²) in [5.41, 5.74) is 3.37. The SMILES string of the molecule is CCNC(=O)N(Cc1ccc(F)cc1)Cc1cc(NC(=O)CC)ccc1N(C)C. The van der Waals surface area contributed by atoms with E-state index in [1.165, 1.54) is 12.1 Å². The van der Waals surface area contributed by atoms with Crippen LogP contribution in [0.15, 0.2) is 42.5 Å². The van der Waals surface area contributed by atoms with Crippen molar-refractivity contribution < 1.29 is 14.0 Å². The van der Waals surface area contributed by atoms with Crippen molar-refractivity contribution in [2.75, 3.05) is 30.9 Å². The molecule has 0 unspecified atom stereocenters. The Bertz CT molecular complexity index is 837. The standard InChI is InChI=1S/C22H29FN4O2/c1-5-21(28)25-19-11-12-20(26(3)4)17(13-19)15-27(22(29)24-6-2)14-16-7-9-18(23)10-8-16/h7-13H,5-6,14-15H2,1-4H3,(H,24,29)(H,25,28). The molecule has 0 heterocycles. The minimum absolute atomic E-state index is 0.0690. The first-order valence-corrected chi connectivity index (χ1v) is 9.71. The van der Waals surface area contributed by atoms with E-state index in [0.29, 0.717) is 31.7 Å². The molecule has 0 saturated carbocycles. The molecule has 0 atom stereocenters. The van der Waals surface area contributed by atoms with E-state index in [4.69, 9.17) is 0 Å². The van der Waals surface area contributed by atoms with Gasteiger partial charge >= 0.3 is 6.03 Å². The van der Waals surface area contributed by atoms with Crippen LogP contribution < -0.4 is 15.5 Å². The number of carbonyl (C=O) groups is 2. The van der Waals surface area contributed by atoms with Crippen molar-refractivity contribution in [3.8, 4) is 0 Å². The van der Waals surface area contributed by atoms with Gasteiger partial charge < -0.3 is 20.4 Å². The average Bonchev–Trinajstić information content (AvgIpc) is 2.69. The molecule has 7 heteroatoms. The summed E-state index contributed by atoms with van der Waals surface area (Å²) in [6.45, 7) is 4.84. The summed E-state index contributed by atoms with van der Waals surface area (Å²) in [6.07, 6.45) is 0.389. The Kier molecular flexibility index (Phi) is 8.00. The number of hydrogen-bond donors (Lipinski definition) is 2. The highest BCUT2D eigenvalue weighted by molar-refractivity contribution is 5.90. The fraction of sp³-hybridized carbons (Fsp3) is 0.364. The van der Waals surface area contributed by atoms with Gasteiger partial charge in [0, 0.05) is 51.5 Å². The molecule has 29 heavy (non-hydrogen) atoms. The van der Waals surface area contributed by atoms with Crippen molar-refractivity contribution in [2.24, 2.45) is 0 Å². The minimum atomic E-state index is -0.312. The minimum Gasteiger partial charge on any atom is -0.377 e. The molecule has 0 aromatic heterocycles. The van der Waals surface area contributed by atoms with Crippen molar-refractivity contribution in [3.63, 3.8) is 0 Å². The topological polar surface area (TPSA) is 64.7 Å². The third-order valence-corrected chi connectivity index (χ3v) is 4.43. The number of halogens is 1. The van der Waals surface area contributed by atoms with Crippen LogP contribution in [0.5, 0.6) is 0 Å². The second-order valence-electron chi connectivity index (χ2n) is 6.96. The molecule has 2 aromatic rings. The quantitative estimate of drug-likeness (QED) is 0.705. The normalized spacial score (nSPS) is 10.4. The van der Waals surface area contributed by atoms with Gasteiger partial charge in [-0.15, -0.1) is 0 Å². The fourth-order valence-corrected chi connectivity index (χ4v) is 2.95. The number of amides is 3. The van der Waals surface area contributed by atoms with Crippen LogP contribution in [0, 0.1) is 5.82 Å². The zero-order chi connectivity index (χ0) is 21.4. The lowest BCUT2D eigenvalue weighted by Crippen LogP contribution is -2.39. The Labute approximate surface area is 171 Å². The molecule has 0 fully saturated rings. The molecule has 156 valence electrons. The van der Waals surface area contributed by atoms with Gasteiger partial charge in [0.25, 0.3) is 0 Å². The molecule has 3 amide bonds. The highest BCUT2D eigenvalue weighted by Gasteiger charge is 2.17. The van der Waals surface area contributed by atoms with Gasteiger partial charge in [0.05, 0.1) is 0 Å². The summed E-state index contributed by atoms with van der Waals surface area (Å²) in [5.74, 6) is -0.381. The van der Waals surface area contributed by atoms with Crippen molar-refractivity contribution >= 4 is 23.3 Å². The number of rotatable bonds is 8. The number of anilines is 2. The van der Waals surface area contributed by atoms with E-state index in [2.05, 4.69) is 10.6 Å². The van der Waals surface area contributed by atoms with Crippen LogP contribution in [0.4, 0.5) is 20.6 Å². The van der Waals surface area contributed by atoms with E-state index >= 15 is 0 Å². The lowest BCUT2D eigenvalue weighted by molar-refractivity contribution is -0.115. The van der Waals surface area contributed by atoms with Gasteiger partial charge in [-0.1, -0.05) is 19.1 Å². The Morgan fingerprint density at radius 1 is 1.00 bits per heavy atom. The van der Waals surface area contributed by atoms with Crippen LogP contribution in [0.2, 0.25) is 0 Å². The van der Waals surface area contributed by atoms with Gasteiger partial charge in [0.1, 0.15) is 5.82 Å². The van der Waals surface area contributed by atoms with E-state index in [1.807, 2.05) is 44.1 Å². The van der Waals surface area contributed by atoms with E-state index in [-0.39, 0.29) is 17.8 Å². The molecule has 0 saturated heterocycles. The van der Waals surface area contributed by atoms with Crippen LogP contribution in [0.1, 0.15) is 31.4 Å². The fourth-order valence-electron chi connectivity index (χ4n) is 2.95. The van der Waals surface area contributed by atoms with Gasteiger partial charge in [-0.3, -0.25) is 4.79 Å². The number of nitrogens with zero attached hydrogens (tertiary/aromatic N) is 2. The second kappa shape index (κ2) is 10.5. The van der Waals surface area contributed by atoms with Gasteiger partial charge in [-0.05, 0) is 48.4 Å². The largest absolute Gasteiger partial charge is 0.377 e. The Morgan fingerprint density at radius 2 is 1.69 bits per heavy atom. The molecular formula is C22H29FN4O2. The van der Waals surface area contributed by atoms with E-state index in [1.54, 1.807) is 24.0 Å². The van der Waals surface area contributed by atoms with E-state index < -0.39 is 0 Å². The van der Waals surface area contributed by atoms with Crippen molar-refractivity contribution in [1.82, 2.24) is 10.2 Å². The molecule has 6 nitrogen and oxygen atoms in total. The van der Waals surface area contributed by atoms with Crippen LogP contribution in [-0.2, 0) is 17.9 Å². The highest BCUT2D eigenvalue weighted by Crippen LogP contribution is 2.25. The molecule has 2 rings (SSSR count). The molecule has 0 spiro atoms. The Hall–Kier alpha value is -3.09. The van der Waals surface area contributed by atoms with Crippen molar-refractivity contribution in [1.29, 1.82) is 0 Å². The maximum Gasteiger partial charge on any atom is 0.317 e. The molecule has 0 aliphatic carbocycles. The summed E-state index contributed by atoms with van der Waals surface area (Å²) in [4.78, 5) is 28.1. The highest BCUT2D eigenvalue weighted by atomic mass is 19.1. The zero-order valence-corrected chi connectivity index (χ0v) is 17.5. The van der Waals surface area contributed by atoms with Gasteiger partial charge in [0.15, 0.2) is 0 Å². The number of benzene rings is 2. The van der Waals surface area contributed by atoms with Crippen LogP contribution in [0.3, 0.4) is 0 Å². The lowest BCUT2D eigenvalue weighted by atomic mass is 10.1. The first-order chi connectivity index (χ1) is 13.8. The third-order valence-electron chi connectivity index (χ3n) is 4.43. The Balaban J connectivity index is 2.33. The first kappa shape index (κ1) is 22.2. The number of hydrogen-bond acceptors (Lipinski definition) is 3. The molecule has 0 aliphatic rings. The summed E-state index contributed by atoms with van der Waals surface area (Å²) >= 11 is 0. The smallest absolute Gasteiger partial charge is 0.317 e. The van der Waals surface area contributed by atoms with Crippen LogP contribution in [-0.4, -0.2) is 37.5 Å². The van der Waals surface area contributed by atoms with Gasteiger partial charge in [-0.2, -0.15) is 0 Å². The molecule has 2 aromatic carbocycles. The van der Waals surface area contributed by atoms with Gasteiger partial charge in [0.2, 0.25) is 5.91 Å². The molecular weight excluding hydrogens is 371 g/mol. The van der Waals surface area contributed by atoms with Crippen molar-refractivity contribution in [3.05, 3.63) is 59.4 Å². The Morgan fingerprint density at radius 3 is 2.28 bits per heavy atom. The van der Waals surface area contributed by atoms with E-state index in [9.17, 15) is 14.0 Å². The average molecular weight is 400 g/mol. The van der Waals surface area contributed by atoms with Crippen molar-refractivity contribution in [2.45, 2.75) is 33.4 Å². The van der Waals surface area contributed by atoms with Crippen LogP contribution >= 0.6 is 0 Å². The summed E-state index contributed by atoms with van der Waals surface area (Å²) in [5, 5.41) is 5.70. The van der Waals surface area contributed by atoms with Crippen LogP contribution in [0.25, 0.3) is 0 Å². The predicted octanol–water partition coefficient (Wildman–Crippen LogP) is 3.97. The molecule has 0 bridgehead atoms. The van der Waals surface area contributed by atoms with E-state index in [0.717, 1.165) is 16.8 Å². The molecule has 0 aliphatic heterocycles. The number of urea groups is 1. The lowest BCUT2D eigenvalue weighted by Gasteiger charge is -2.26. The summed E-state index contributed by atoms with van der Waals surface area (Å²) in [6, 6.07) is 11.6. The van der Waals surface area contributed by atoms with Gasteiger partial charge in [-0.25, -0.2) is 9.18 Å². The predicted molar refractivity (Wildman–Crippen MR) is 114 cm³/mol. The summed E-state index contributed by atoms with van der Waals surface area (Å²) in [7, 11) is 3.86. The maximum atomic E-state index is 13.2. The molecule has 2 N–H and O–H groups in total. The monoisotopic (exact) mass is 400 g/mol. The number of carbonyl (C=O) groups excluding carboxylic acids is 2. The number of nitrogens with one attached hydrogen (secondary N) is 2.